The first-order valence-electron chi connectivity index (χ1n) is 8.46. The first-order valence-corrected chi connectivity index (χ1v) is 9.21. The van der Waals surface area contributed by atoms with E-state index >= 15 is 0 Å². The summed E-state index contributed by atoms with van der Waals surface area (Å²) in [7, 11) is 0. The molecule has 0 atom stereocenters. The van der Waals surface area contributed by atoms with Crippen LogP contribution in [0.5, 0.6) is 11.5 Å². The van der Waals surface area contributed by atoms with E-state index in [0.29, 0.717) is 53.4 Å². The van der Waals surface area contributed by atoms with Gasteiger partial charge in [-0.2, -0.15) is 0 Å². The number of hydrogen-bond acceptors (Lipinski definition) is 4. The Morgan fingerprint density at radius 1 is 1.00 bits per heavy atom. The molecule has 0 saturated carbocycles. The van der Waals surface area contributed by atoms with E-state index in [1.165, 1.54) is 0 Å². The van der Waals surface area contributed by atoms with Crippen LogP contribution in [0, 0.1) is 0 Å². The van der Waals surface area contributed by atoms with E-state index in [0.717, 1.165) is 18.5 Å². The summed E-state index contributed by atoms with van der Waals surface area (Å²) in [6.07, 6.45) is 1.16. The maximum atomic E-state index is 12.0. The van der Waals surface area contributed by atoms with Gasteiger partial charge in [-0.1, -0.05) is 29.3 Å². The van der Waals surface area contributed by atoms with Crippen LogP contribution in [0.15, 0.2) is 36.4 Å². The lowest BCUT2D eigenvalue weighted by Crippen LogP contribution is -2.23. The Bertz CT molecular complexity index is 783. The molecule has 3 rings (SSSR count). The van der Waals surface area contributed by atoms with E-state index in [2.05, 4.69) is 10.6 Å². The lowest BCUT2D eigenvalue weighted by atomic mass is 10.1. The van der Waals surface area contributed by atoms with Crippen molar-refractivity contribution in [3.05, 3.63) is 52.0 Å². The van der Waals surface area contributed by atoms with Gasteiger partial charge in [0, 0.05) is 34.8 Å². The number of ether oxygens (including phenoxy) is 2. The van der Waals surface area contributed by atoms with Crippen molar-refractivity contribution in [1.29, 1.82) is 0 Å². The molecule has 0 aliphatic carbocycles. The van der Waals surface area contributed by atoms with Crippen LogP contribution in [-0.2, 0) is 11.2 Å². The molecule has 0 saturated heterocycles. The number of amides is 1. The molecule has 1 aliphatic rings. The Balaban J connectivity index is 1.38. The molecule has 26 heavy (non-hydrogen) atoms. The zero-order valence-corrected chi connectivity index (χ0v) is 15.7. The number of hydrogen-bond donors (Lipinski definition) is 2. The highest BCUT2D eigenvalue weighted by atomic mass is 35.5. The zero-order valence-electron chi connectivity index (χ0n) is 14.2. The van der Waals surface area contributed by atoms with Gasteiger partial charge in [0.25, 0.3) is 0 Å². The lowest BCUT2D eigenvalue weighted by molar-refractivity contribution is -0.116. The maximum absolute atomic E-state index is 12.0. The summed E-state index contributed by atoms with van der Waals surface area (Å²) in [4.78, 5) is 12.0. The molecule has 2 N–H and O–H groups in total. The van der Waals surface area contributed by atoms with Gasteiger partial charge in [-0.05, 0) is 42.8 Å². The number of carbonyl (C=O) groups excluding carboxylic acids is 1. The Morgan fingerprint density at radius 2 is 1.81 bits per heavy atom. The predicted octanol–water partition coefficient (Wildman–Crippen LogP) is 3.93. The van der Waals surface area contributed by atoms with Crippen LogP contribution in [-0.4, -0.2) is 32.2 Å². The minimum absolute atomic E-state index is 0.0568. The van der Waals surface area contributed by atoms with E-state index in [1.54, 1.807) is 24.3 Å². The number of anilines is 1. The number of fused-ring (bicyclic) bond motifs is 1. The highest BCUT2D eigenvalue weighted by molar-refractivity contribution is 6.35. The molecule has 138 valence electrons. The lowest BCUT2D eigenvalue weighted by Gasteiger charge is -2.19. The Kier molecular flexibility index (Phi) is 6.61. The van der Waals surface area contributed by atoms with Gasteiger partial charge in [-0.25, -0.2) is 0 Å². The third-order valence-corrected chi connectivity index (χ3v) is 4.53. The maximum Gasteiger partial charge on any atom is 0.225 e. The predicted molar refractivity (Wildman–Crippen MR) is 104 cm³/mol. The highest BCUT2D eigenvalue weighted by Gasteiger charge is 2.12. The first kappa shape index (κ1) is 18.8. The molecule has 5 nitrogen and oxygen atoms in total. The van der Waals surface area contributed by atoms with Crippen LogP contribution in [0.2, 0.25) is 10.0 Å². The van der Waals surface area contributed by atoms with Gasteiger partial charge >= 0.3 is 0 Å². The molecule has 1 heterocycles. The molecule has 2 aromatic rings. The van der Waals surface area contributed by atoms with E-state index < -0.39 is 0 Å². The normalized spacial score (nSPS) is 12.7. The SMILES string of the molecule is O=C(CCNCCc1ccc(Cl)cc1Cl)Nc1ccc2c(c1)OCCO2. The fourth-order valence-corrected chi connectivity index (χ4v) is 3.12. The summed E-state index contributed by atoms with van der Waals surface area (Å²) in [5, 5.41) is 7.40. The molecule has 0 fully saturated rings. The van der Waals surface area contributed by atoms with Crippen molar-refractivity contribution in [3.8, 4) is 11.5 Å². The fraction of sp³-hybridized carbons (Fsp3) is 0.316. The second-order valence-corrected chi connectivity index (χ2v) is 6.74. The van der Waals surface area contributed by atoms with Crippen molar-refractivity contribution in [2.24, 2.45) is 0 Å². The van der Waals surface area contributed by atoms with Crippen molar-refractivity contribution in [2.45, 2.75) is 12.8 Å². The third kappa shape index (κ3) is 5.27. The summed E-state index contributed by atoms with van der Waals surface area (Å²) in [5.74, 6) is 1.31. The average Bonchev–Trinajstić information content (AvgIpc) is 2.63. The summed E-state index contributed by atoms with van der Waals surface area (Å²) in [6, 6.07) is 10.9. The van der Waals surface area contributed by atoms with Gasteiger partial charge in [-0.3, -0.25) is 4.79 Å². The van der Waals surface area contributed by atoms with Crippen molar-refractivity contribution >= 4 is 34.8 Å². The Morgan fingerprint density at radius 3 is 2.62 bits per heavy atom. The van der Waals surface area contributed by atoms with Gasteiger partial charge in [0.15, 0.2) is 11.5 Å². The molecule has 0 bridgehead atoms. The van der Waals surface area contributed by atoms with E-state index in [4.69, 9.17) is 32.7 Å². The van der Waals surface area contributed by atoms with Crippen LogP contribution in [0.3, 0.4) is 0 Å². The molecule has 0 radical (unpaired) electrons. The molecule has 0 aromatic heterocycles. The Hall–Kier alpha value is -1.95. The summed E-state index contributed by atoms with van der Waals surface area (Å²) in [5.41, 5.74) is 1.73. The van der Waals surface area contributed by atoms with Crippen molar-refractivity contribution < 1.29 is 14.3 Å². The average molecular weight is 395 g/mol. The van der Waals surface area contributed by atoms with Crippen LogP contribution in [0.1, 0.15) is 12.0 Å². The standard InChI is InChI=1S/C19H20Cl2N2O3/c20-14-2-1-13(16(21)11-14)5-7-22-8-6-19(24)23-15-3-4-17-18(12-15)26-10-9-25-17/h1-4,11-12,22H,5-10H2,(H,23,24). The summed E-state index contributed by atoms with van der Waals surface area (Å²) >= 11 is 12.0. The largest absolute Gasteiger partial charge is 0.486 e. The Labute approximate surface area is 162 Å². The molecule has 1 aliphatic heterocycles. The summed E-state index contributed by atoms with van der Waals surface area (Å²) in [6.45, 7) is 2.39. The van der Waals surface area contributed by atoms with Gasteiger partial charge < -0.3 is 20.1 Å². The smallest absolute Gasteiger partial charge is 0.225 e. The highest BCUT2D eigenvalue weighted by Crippen LogP contribution is 2.32. The van der Waals surface area contributed by atoms with Crippen molar-refractivity contribution in [1.82, 2.24) is 5.32 Å². The number of halogens is 2. The molecule has 0 spiro atoms. The fourth-order valence-electron chi connectivity index (χ4n) is 2.62. The molecular weight excluding hydrogens is 375 g/mol. The number of benzene rings is 2. The molecule has 1 amide bonds. The van der Waals surface area contributed by atoms with Crippen molar-refractivity contribution in [2.75, 3.05) is 31.6 Å². The van der Waals surface area contributed by atoms with Crippen molar-refractivity contribution in [3.63, 3.8) is 0 Å². The van der Waals surface area contributed by atoms with E-state index in [1.807, 2.05) is 12.1 Å². The van der Waals surface area contributed by atoms with Crippen LogP contribution < -0.4 is 20.1 Å². The molecule has 2 aromatic carbocycles. The van der Waals surface area contributed by atoms with Gasteiger partial charge in [0.1, 0.15) is 13.2 Å². The molecular formula is C19H20Cl2N2O3. The van der Waals surface area contributed by atoms with Gasteiger partial charge in [-0.15, -0.1) is 0 Å². The minimum Gasteiger partial charge on any atom is -0.486 e. The summed E-state index contributed by atoms with van der Waals surface area (Å²) < 4.78 is 11.0. The van der Waals surface area contributed by atoms with E-state index in [9.17, 15) is 4.79 Å². The quantitative estimate of drug-likeness (QED) is 0.698. The van der Waals surface area contributed by atoms with Crippen LogP contribution in [0.4, 0.5) is 5.69 Å². The minimum atomic E-state index is -0.0568. The second kappa shape index (κ2) is 9.12. The van der Waals surface area contributed by atoms with Crippen LogP contribution in [0.25, 0.3) is 0 Å². The third-order valence-electron chi connectivity index (χ3n) is 3.94. The van der Waals surface area contributed by atoms with Gasteiger partial charge in [0.2, 0.25) is 5.91 Å². The zero-order chi connectivity index (χ0) is 18.4. The molecule has 0 unspecified atom stereocenters. The first-order chi connectivity index (χ1) is 12.6. The van der Waals surface area contributed by atoms with E-state index in [-0.39, 0.29) is 5.91 Å². The number of nitrogens with one attached hydrogen (secondary N) is 2. The van der Waals surface area contributed by atoms with Gasteiger partial charge in [0.05, 0.1) is 0 Å². The number of rotatable bonds is 7. The topological polar surface area (TPSA) is 59.6 Å². The molecule has 7 heteroatoms. The monoisotopic (exact) mass is 394 g/mol. The second-order valence-electron chi connectivity index (χ2n) is 5.89. The number of carbonyl (C=O) groups is 1. The van der Waals surface area contributed by atoms with Crippen LogP contribution >= 0.6 is 23.2 Å².